The number of para-hydroxylation sites is 6. The number of hydrogen-bond acceptors (Lipinski definition) is 2. The molecule has 36 heavy (non-hydrogen) atoms. The van der Waals surface area contributed by atoms with Crippen molar-refractivity contribution < 1.29 is 0 Å². The number of benzene rings is 5. The molecule has 0 fully saturated rings. The Labute approximate surface area is 206 Å². The van der Waals surface area contributed by atoms with Crippen LogP contribution in [0.4, 0.5) is 0 Å². The van der Waals surface area contributed by atoms with Gasteiger partial charge in [-0.2, -0.15) is 0 Å². The van der Waals surface area contributed by atoms with E-state index in [-0.39, 0.29) is 0 Å². The molecular formula is C32H20N4. The summed E-state index contributed by atoms with van der Waals surface area (Å²) in [7, 11) is 0. The fourth-order valence-electron chi connectivity index (χ4n) is 5.58. The fraction of sp³-hybridized carbons (Fsp3) is 0. The van der Waals surface area contributed by atoms with Crippen molar-refractivity contribution in [1.82, 2.24) is 19.1 Å². The highest BCUT2D eigenvalue weighted by Gasteiger charge is 2.21. The van der Waals surface area contributed by atoms with E-state index in [0.29, 0.717) is 0 Å². The number of rotatable bonds is 2. The highest BCUT2D eigenvalue weighted by atomic mass is 15.2. The first-order valence-electron chi connectivity index (χ1n) is 12.1. The molecule has 4 nitrogen and oxygen atoms in total. The Morgan fingerprint density at radius 3 is 0.944 bits per heavy atom. The third kappa shape index (κ3) is 2.58. The van der Waals surface area contributed by atoms with Crippen molar-refractivity contribution in [3.05, 3.63) is 121 Å². The molecule has 0 N–H and O–H groups in total. The first-order valence-corrected chi connectivity index (χ1v) is 12.1. The maximum atomic E-state index is 5.27. The standard InChI is InChI=1S/C32H20N4/c1-7-17-27-21(11-1)22-12-2-8-18-28(22)35(27)31-32(34-26-16-6-5-15-25(26)33-31)36-29-19-9-3-13-23(29)24-14-4-10-20-30(24)36/h1-20H. The highest BCUT2D eigenvalue weighted by molar-refractivity contribution is 6.11. The second kappa shape index (κ2) is 7.27. The smallest absolute Gasteiger partial charge is 0.182 e. The molecule has 3 heterocycles. The number of hydrogen-bond donors (Lipinski definition) is 0. The molecule has 0 amide bonds. The van der Waals surface area contributed by atoms with Gasteiger partial charge in [0.1, 0.15) is 0 Å². The lowest BCUT2D eigenvalue weighted by atomic mass is 10.2. The minimum atomic E-state index is 0.817. The highest BCUT2D eigenvalue weighted by Crippen LogP contribution is 2.37. The molecule has 0 saturated heterocycles. The summed E-state index contributed by atoms with van der Waals surface area (Å²) in [5, 5.41) is 4.82. The molecule has 0 aliphatic rings. The van der Waals surface area contributed by atoms with Crippen LogP contribution in [0.3, 0.4) is 0 Å². The summed E-state index contributed by atoms with van der Waals surface area (Å²) in [6.45, 7) is 0. The first kappa shape index (κ1) is 19.4. The predicted molar refractivity (Wildman–Crippen MR) is 148 cm³/mol. The second-order valence-corrected chi connectivity index (χ2v) is 9.10. The van der Waals surface area contributed by atoms with Crippen molar-refractivity contribution in [2.75, 3.05) is 0 Å². The Hall–Kier alpha value is -4.96. The summed E-state index contributed by atoms with van der Waals surface area (Å²) in [5.74, 6) is 1.63. The number of nitrogens with zero attached hydrogens (tertiary/aromatic N) is 4. The summed E-state index contributed by atoms with van der Waals surface area (Å²) >= 11 is 0. The zero-order valence-corrected chi connectivity index (χ0v) is 19.3. The minimum absolute atomic E-state index is 0.817. The van der Waals surface area contributed by atoms with E-state index < -0.39 is 0 Å². The summed E-state index contributed by atoms with van der Waals surface area (Å²) in [4.78, 5) is 10.5. The van der Waals surface area contributed by atoms with Crippen LogP contribution >= 0.6 is 0 Å². The minimum Gasteiger partial charge on any atom is -0.291 e. The van der Waals surface area contributed by atoms with E-state index in [9.17, 15) is 0 Å². The Balaban J connectivity index is 1.61. The van der Waals surface area contributed by atoms with Crippen LogP contribution in [0.1, 0.15) is 0 Å². The Morgan fingerprint density at radius 1 is 0.333 bits per heavy atom. The van der Waals surface area contributed by atoms with E-state index in [4.69, 9.17) is 9.97 Å². The molecule has 168 valence electrons. The average molecular weight is 461 g/mol. The summed E-state index contributed by atoms with van der Waals surface area (Å²) < 4.78 is 4.53. The van der Waals surface area contributed by atoms with Gasteiger partial charge in [0.2, 0.25) is 0 Å². The summed E-state index contributed by atoms with van der Waals surface area (Å²) in [5.41, 5.74) is 6.21. The fourth-order valence-corrected chi connectivity index (χ4v) is 5.58. The molecule has 5 aromatic carbocycles. The zero-order valence-electron chi connectivity index (χ0n) is 19.3. The van der Waals surface area contributed by atoms with Gasteiger partial charge in [-0.25, -0.2) is 9.97 Å². The number of fused-ring (bicyclic) bond motifs is 7. The molecule has 4 heteroatoms. The molecule has 3 aromatic heterocycles. The normalized spacial score (nSPS) is 11.9. The van der Waals surface area contributed by atoms with Crippen LogP contribution in [-0.2, 0) is 0 Å². The van der Waals surface area contributed by atoms with Crippen molar-refractivity contribution in [2.45, 2.75) is 0 Å². The molecule has 0 bridgehead atoms. The van der Waals surface area contributed by atoms with Crippen LogP contribution in [-0.4, -0.2) is 19.1 Å². The van der Waals surface area contributed by atoms with Crippen LogP contribution in [0.15, 0.2) is 121 Å². The van der Waals surface area contributed by atoms with Crippen molar-refractivity contribution in [3.63, 3.8) is 0 Å². The molecule has 0 aliphatic heterocycles. The van der Waals surface area contributed by atoms with Crippen molar-refractivity contribution in [1.29, 1.82) is 0 Å². The molecular weight excluding hydrogens is 440 g/mol. The largest absolute Gasteiger partial charge is 0.291 e. The van der Waals surface area contributed by atoms with Gasteiger partial charge >= 0.3 is 0 Å². The monoisotopic (exact) mass is 460 g/mol. The average Bonchev–Trinajstić information content (AvgIpc) is 3.45. The topological polar surface area (TPSA) is 35.6 Å². The Morgan fingerprint density at radius 2 is 0.611 bits per heavy atom. The van der Waals surface area contributed by atoms with Gasteiger partial charge in [0.25, 0.3) is 0 Å². The Bertz CT molecular complexity index is 1850. The molecule has 0 unspecified atom stereocenters. The quantitative estimate of drug-likeness (QED) is 0.264. The zero-order chi connectivity index (χ0) is 23.6. The van der Waals surface area contributed by atoms with Gasteiger partial charge in [-0.3, -0.25) is 9.13 Å². The number of aromatic nitrogens is 4. The van der Waals surface area contributed by atoms with E-state index in [2.05, 4.69) is 106 Å². The van der Waals surface area contributed by atoms with E-state index in [1.807, 2.05) is 24.3 Å². The van der Waals surface area contributed by atoms with E-state index in [0.717, 1.165) is 44.7 Å². The van der Waals surface area contributed by atoms with Gasteiger partial charge in [-0.1, -0.05) is 84.9 Å². The lowest BCUT2D eigenvalue weighted by Crippen LogP contribution is -2.08. The molecule has 0 saturated carbocycles. The van der Waals surface area contributed by atoms with Gasteiger partial charge in [-0.15, -0.1) is 0 Å². The van der Waals surface area contributed by atoms with Gasteiger partial charge in [0, 0.05) is 21.5 Å². The molecule has 0 radical (unpaired) electrons. The van der Waals surface area contributed by atoms with Gasteiger partial charge < -0.3 is 0 Å². The van der Waals surface area contributed by atoms with Crippen LogP contribution in [0, 0.1) is 0 Å². The molecule has 0 aliphatic carbocycles. The lowest BCUT2D eigenvalue weighted by Gasteiger charge is -2.15. The lowest BCUT2D eigenvalue weighted by molar-refractivity contribution is 0.996. The van der Waals surface area contributed by atoms with Gasteiger partial charge in [0.05, 0.1) is 33.1 Å². The van der Waals surface area contributed by atoms with Crippen LogP contribution in [0.2, 0.25) is 0 Å². The molecule has 8 rings (SSSR count). The van der Waals surface area contributed by atoms with Crippen molar-refractivity contribution in [3.8, 4) is 11.6 Å². The SMILES string of the molecule is c1ccc2nc(-n3c4ccccc4c4ccccc43)c(-n3c4ccccc4c4ccccc43)nc2c1. The molecule has 8 aromatic rings. The van der Waals surface area contributed by atoms with E-state index in [1.165, 1.54) is 21.5 Å². The second-order valence-electron chi connectivity index (χ2n) is 9.10. The van der Waals surface area contributed by atoms with E-state index >= 15 is 0 Å². The van der Waals surface area contributed by atoms with Crippen LogP contribution < -0.4 is 0 Å². The maximum absolute atomic E-state index is 5.27. The van der Waals surface area contributed by atoms with Gasteiger partial charge in [0.15, 0.2) is 11.6 Å². The van der Waals surface area contributed by atoms with Gasteiger partial charge in [-0.05, 0) is 36.4 Å². The summed E-state index contributed by atoms with van der Waals surface area (Å²) in [6.07, 6.45) is 0. The predicted octanol–water partition coefficient (Wildman–Crippen LogP) is 7.82. The Kier molecular flexibility index (Phi) is 3.91. The first-order chi connectivity index (χ1) is 17.9. The third-order valence-electron chi connectivity index (χ3n) is 7.12. The maximum Gasteiger partial charge on any atom is 0.182 e. The van der Waals surface area contributed by atoms with Crippen LogP contribution in [0.25, 0.3) is 66.3 Å². The van der Waals surface area contributed by atoms with Crippen molar-refractivity contribution >= 4 is 54.6 Å². The third-order valence-corrected chi connectivity index (χ3v) is 7.12. The van der Waals surface area contributed by atoms with Crippen LogP contribution in [0.5, 0.6) is 0 Å². The summed E-state index contributed by atoms with van der Waals surface area (Å²) in [6, 6.07) is 42.3. The van der Waals surface area contributed by atoms with Crippen molar-refractivity contribution in [2.24, 2.45) is 0 Å². The van der Waals surface area contributed by atoms with E-state index in [1.54, 1.807) is 0 Å². The molecule has 0 atom stereocenters. The molecule has 0 spiro atoms.